The van der Waals surface area contributed by atoms with Gasteiger partial charge >= 0.3 is 0 Å². The fourth-order valence-electron chi connectivity index (χ4n) is 3.75. The largest absolute Gasteiger partial charge is 0.307 e. The van der Waals surface area contributed by atoms with Gasteiger partial charge in [-0.05, 0) is 63.0 Å². The quantitative estimate of drug-likeness (QED) is 0.824. The summed E-state index contributed by atoms with van der Waals surface area (Å²) in [6, 6.07) is 7.93. The van der Waals surface area contributed by atoms with E-state index in [0.29, 0.717) is 12.1 Å². The molecule has 19 heavy (non-hydrogen) atoms. The molecule has 0 aliphatic heterocycles. The summed E-state index contributed by atoms with van der Waals surface area (Å²) < 4.78 is 0. The Morgan fingerprint density at radius 2 is 1.68 bits per heavy atom. The smallest absolute Gasteiger partial charge is 0.0297 e. The average Bonchev–Trinajstić information content (AvgIpc) is 2.30. The number of hydrogen-bond donors (Lipinski definition) is 1. The molecule has 1 aromatic carbocycles. The third-order valence-corrected chi connectivity index (χ3v) is 4.57. The van der Waals surface area contributed by atoms with Crippen molar-refractivity contribution in [3.8, 4) is 0 Å². The molecule has 0 radical (unpaired) electrons. The normalized spacial score (nSPS) is 29.2. The highest BCUT2D eigenvalue weighted by atomic mass is 14.9. The molecule has 0 saturated heterocycles. The molecule has 3 unspecified atom stereocenters. The van der Waals surface area contributed by atoms with Gasteiger partial charge in [0.05, 0.1) is 0 Å². The third-order valence-electron chi connectivity index (χ3n) is 4.57. The van der Waals surface area contributed by atoms with Crippen molar-refractivity contribution >= 4 is 0 Å². The Morgan fingerprint density at radius 1 is 1.05 bits per heavy atom. The minimum absolute atomic E-state index is 0.461. The van der Waals surface area contributed by atoms with E-state index in [1.165, 1.54) is 36.0 Å². The van der Waals surface area contributed by atoms with Crippen molar-refractivity contribution in [3.05, 3.63) is 34.9 Å². The summed E-state index contributed by atoms with van der Waals surface area (Å²) in [5.74, 6) is 1.74. The molecule has 1 N–H and O–H groups in total. The molecule has 0 spiro atoms. The van der Waals surface area contributed by atoms with Gasteiger partial charge in [-0.15, -0.1) is 0 Å². The van der Waals surface area contributed by atoms with E-state index in [0.717, 1.165) is 11.8 Å². The summed E-state index contributed by atoms with van der Waals surface area (Å²) >= 11 is 0. The Balaban J connectivity index is 2.04. The van der Waals surface area contributed by atoms with Gasteiger partial charge in [0.1, 0.15) is 0 Å². The van der Waals surface area contributed by atoms with Gasteiger partial charge in [-0.2, -0.15) is 0 Å². The van der Waals surface area contributed by atoms with Gasteiger partial charge in [-0.3, -0.25) is 0 Å². The second-order valence-corrected chi connectivity index (χ2v) is 6.86. The van der Waals surface area contributed by atoms with Crippen molar-refractivity contribution < 1.29 is 0 Å². The van der Waals surface area contributed by atoms with E-state index in [-0.39, 0.29) is 0 Å². The lowest BCUT2D eigenvalue weighted by Gasteiger charge is -2.34. The van der Waals surface area contributed by atoms with Crippen LogP contribution in [0.5, 0.6) is 0 Å². The Labute approximate surface area is 118 Å². The number of hydrogen-bond acceptors (Lipinski definition) is 1. The molecule has 1 saturated carbocycles. The van der Waals surface area contributed by atoms with Gasteiger partial charge in [0.2, 0.25) is 0 Å². The van der Waals surface area contributed by atoms with Crippen molar-refractivity contribution in [1.29, 1.82) is 0 Å². The summed E-state index contributed by atoms with van der Waals surface area (Å²) in [6.07, 6.45) is 4.06. The number of rotatable bonds is 3. The van der Waals surface area contributed by atoms with Crippen LogP contribution in [-0.4, -0.2) is 6.04 Å². The first-order valence-corrected chi connectivity index (χ1v) is 7.79. The lowest BCUT2D eigenvalue weighted by molar-refractivity contribution is 0.228. The van der Waals surface area contributed by atoms with E-state index in [9.17, 15) is 0 Å². The van der Waals surface area contributed by atoms with Gasteiger partial charge < -0.3 is 5.32 Å². The fourth-order valence-corrected chi connectivity index (χ4v) is 3.75. The summed E-state index contributed by atoms with van der Waals surface area (Å²) in [5, 5.41) is 3.86. The molecule has 1 aliphatic rings. The Hall–Kier alpha value is -0.820. The maximum absolute atomic E-state index is 3.86. The van der Waals surface area contributed by atoms with E-state index >= 15 is 0 Å². The van der Waals surface area contributed by atoms with Gasteiger partial charge in [-0.25, -0.2) is 0 Å². The van der Waals surface area contributed by atoms with Crippen LogP contribution in [0.1, 0.15) is 62.8 Å². The number of aryl methyl sites for hydroxylation is 2. The van der Waals surface area contributed by atoms with Crippen LogP contribution in [0.4, 0.5) is 0 Å². The monoisotopic (exact) mass is 259 g/mol. The molecule has 0 aromatic heterocycles. The maximum atomic E-state index is 3.86. The molecular weight excluding hydrogens is 230 g/mol. The molecule has 1 aliphatic carbocycles. The van der Waals surface area contributed by atoms with E-state index in [2.05, 4.69) is 58.1 Å². The molecule has 0 heterocycles. The Kier molecular flexibility index (Phi) is 4.67. The van der Waals surface area contributed by atoms with Gasteiger partial charge in [-0.1, -0.05) is 37.6 Å². The molecule has 1 fully saturated rings. The maximum Gasteiger partial charge on any atom is 0.0297 e. The highest BCUT2D eigenvalue weighted by molar-refractivity contribution is 5.32. The van der Waals surface area contributed by atoms with Crippen LogP contribution in [-0.2, 0) is 0 Å². The number of nitrogens with one attached hydrogen (secondary N) is 1. The van der Waals surface area contributed by atoms with E-state index in [4.69, 9.17) is 0 Å². The van der Waals surface area contributed by atoms with Crippen LogP contribution in [0.2, 0.25) is 0 Å². The highest BCUT2D eigenvalue weighted by Crippen LogP contribution is 2.30. The van der Waals surface area contributed by atoms with Crippen LogP contribution in [0.15, 0.2) is 18.2 Å². The van der Waals surface area contributed by atoms with Gasteiger partial charge in [0, 0.05) is 12.1 Å². The van der Waals surface area contributed by atoms with Crippen LogP contribution in [0, 0.1) is 25.7 Å². The zero-order valence-electron chi connectivity index (χ0n) is 13.2. The number of benzene rings is 1. The van der Waals surface area contributed by atoms with E-state index in [1.54, 1.807) is 0 Å². The van der Waals surface area contributed by atoms with Crippen molar-refractivity contribution in [2.45, 2.75) is 66.0 Å². The van der Waals surface area contributed by atoms with E-state index < -0.39 is 0 Å². The molecular formula is C18H29N. The Bertz CT molecular complexity index is 414. The second kappa shape index (κ2) is 6.09. The molecule has 0 bridgehead atoms. The molecule has 2 rings (SSSR count). The molecule has 1 heteroatoms. The summed E-state index contributed by atoms with van der Waals surface area (Å²) in [7, 11) is 0. The van der Waals surface area contributed by atoms with Gasteiger partial charge in [0.15, 0.2) is 0 Å². The summed E-state index contributed by atoms with van der Waals surface area (Å²) in [5.41, 5.74) is 4.23. The van der Waals surface area contributed by atoms with E-state index in [1.807, 2.05) is 0 Å². The third kappa shape index (κ3) is 3.82. The first-order chi connectivity index (χ1) is 8.95. The van der Waals surface area contributed by atoms with Crippen LogP contribution in [0.25, 0.3) is 0 Å². The summed E-state index contributed by atoms with van der Waals surface area (Å²) in [6.45, 7) is 11.5. The predicted molar refractivity (Wildman–Crippen MR) is 83.4 cm³/mol. The molecule has 106 valence electrons. The van der Waals surface area contributed by atoms with Crippen molar-refractivity contribution in [3.63, 3.8) is 0 Å². The molecule has 1 nitrogen and oxygen atoms in total. The zero-order chi connectivity index (χ0) is 14.0. The molecule has 3 atom stereocenters. The molecule has 1 aromatic rings. The first kappa shape index (κ1) is 14.6. The topological polar surface area (TPSA) is 12.0 Å². The minimum Gasteiger partial charge on any atom is -0.307 e. The fraction of sp³-hybridized carbons (Fsp3) is 0.667. The minimum atomic E-state index is 0.461. The second-order valence-electron chi connectivity index (χ2n) is 6.86. The zero-order valence-corrected chi connectivity index (χ0v) is 13.2. The van der Waals surface area contributed by atoms with Crippen molar-refractivity contribution in [2.75, 3.05) is 0 Å². The highest BCUT2D eigenvalue weighted by Gasteiger charge is 2.25. The van der Waals surface area contributed by atoms with Crippen LogP contribution >= 0.6 is 0 Å². The Morgan fingerprint density at radius 3 is 2.32 bits per heavy atom. The standard InChI is InChI=1S/C18H29N/c1-12-6-7-15(4)18(11-12)16(5)19-17-9-13(2)8-14(3)10-17/h6-7,11,13-14,16-17,19H,8-10H2,1-5H3. The lowest BCUT2D eigenvalue weighted by atomic mass is 9.80. The van der Waals surface area contributed by atoms with Crippen molar-refractivity contribution in [2.24, 2.45) is 11.8 Å². The van der Waals surface area contributed by atoms with Crippen molar-refractivity contribution in [1.82, 2.24) is 5.32 Å². The average molecular weight is 259 g/mol. The van der Waals surface area contributed by atoms with Crippen LogP contribution in [0.3, 0.4) is 0 Å². The lowest BCUT2D eigenvalue weighted by Crippen LogP contribution is -2.38. The SMILES string of the molecule is Cc1ccc(C)c(C(C)NC2CC(C)CC(C)C2)c1. The summed E-state index contributed by atoms with van der Waals surface area (Å²) in [4.78, 5) is 0. The van der Waals surface area contributed by atoms with Gasteiger partial charge in [0.25, 0.3) is 0 Å². The predicted octanol–water partition coefficient (Wildman–Crippen LogP) is 4.78. The first-order valence-electron chi connectivity index (χ1n) is 7.79. The molecule has 0 amide bonds. The van der Waals surface area contributed by atoms with Crippen LogP contribution < -0.4 is 5.32 Å².